The van der Waals surface area contributed by atoms with Crippen LogP contribution in [0.25, 0.3) is 11.3 Å². The van der Waals surface area contributed by atoms with Crippen molar-refractivity contribution < 1.29 is 4.79 Å². The Kier molecular flexibility index (Phi) is 5.31. The summed E-state index contributed by atoms with van der Waals surface area (Å²) in [5.41, 5.74) is 1.53. The maximum Gasteiger partial charge on any atom is 0.266 e. The molecule has 0 radical (unpaired) electrons. The Hall–Kier alpha value is -2.43. The molecule has 0 saturated carbocycles. The Labute approximate surface area is 148 Å². The molecule has 2 atom stereocenters. The lowest BCUT2D eigenvalue weighted by Gasteiger charge is -2.35. The van der Waals surface area contributed by atoms with Crippen molar-refractivity contribution in [1.29, 1.82) is 0 Å². The fourth-order valence-electron chi connectivity index (χ4n) is 3.60. The Morgan fingerprint density at radius 1 is 1.08 bits per heavy atom. The lowest BCUT2D eigenvalue weighted by Crippen LogP contribution is -2.43. The van der Waals surface area contributed by atoms with Gasteiger partial charge in [-0.2, -0.15) is 5.10 Å². The van der Waals surface area contributed by atoms with Crippen molar-refractivity contribution in [3.05, 3.63) is 52.8 Å². The van der Waals surface area contributed by atoms with Gasteiger partial charge in [0.15, 0.2) is 0 Å². The number of aryl methyl sites for hydroxylation is 1. The first-order valence-corrected chi connectivity index (χ1v) is 8.94. The minimum atomic E-state index is -0.173. The van der Waals surface area contributed by atoms with Crippen molar-refractivity contribution in [3.63, 3.8) is 0 Å². The largest absolute Gasteiger partial charge is 0.342 e. The third-order valence-electron chi connectivity index (χ3n) is 4.70. The number of nitrogens with zero attached hydrogens (tertiary/aromatic N) is 3. The summed E-state index contributed by atoms with van der Waals surface area (Å²) in [7, 11) is 0. The highest BCUT2D eigenvalue weighted by molar-refractivity contribution is 5.76. The second kappa shape index (κ2) is 7.64. The highest BCUT2D eigenvalue weighted by Crippen LogP contribution is 2.21. The summed E-state index contributed by atoms with van der Waals surface area (Å²) in [6.07, 6.45) is 1.48. The van der Waals surface area contributed by atoms with E-state index in [1.807, 2.05) is 35.2 Å². The molecule has 1 aromatic carbocycles. The van der Waals surface area contributed by atoms with E-state index in [4.69, 9.17) is 0 Å². The number of hydrogen-bond acceptors (Lipinski definition) is 3. The Morgan fingerprint density at radius 2 is 1.76 bits per heavy atom. The quantitative estimate of drug-likeness (QED) is 0.861. The van der Waals surface area contributed by atoms with Gasteiger partial charge in [-0.05, 0) is 24.3 Å². The highest BCUT2D eigenvalue weighted by atomic mass is 16.2. The molecule has 1 aliphatic rings. The van der Waals surface area contributed by atoms with Crippen LogP contribution < -0.4 is 5.56 Å². The summed E-state index contributed by atoms with van der Waals surface area (Å²) < 4.78 is 1.40. The number of carbonyl (C=O) groups excluding carboxylic acids is 1. The minimum absolute atomic E-state index is 0.109. The van der Waals surface area contributed by atoms with E-state index in [1.54, 1.807) is 6.07 Å². The number of piperidine rings is 1. The number of rotatable bonds is 4. The average molecular weight is 339 g/mol. The van der Waals surface area contributed by atoms with Crippen molar-refractivity contribution in [3.8, 4) is 11.3 Å². The van der Waals surface area contributed by atoms with Crippen LogP contribution in [0.3, 0.4) is 0 Å². The van der Waals surface area contributed by atoms with E-state index >= 15 is 0 Å². The van der Waals surface area contributed by atoms with E-state index in [0.717, 1.165) is 24.3 Å². The van der Waals surface area contributed by atoms with Gasteiger partial charge in [0.25, 0.3) is 5.56 Å². The molecule has 1 fully saturated rings. The van der Waals surface area contributed by atoms with Gasteiger partial charge < -0.3 is 4.90 Å². The van der Waals surface area contributed by atoms with Crippen molar-refractivity contribution in [2.75, 3.05) is 13.1 Å². The molecule has 2 heterocycles. The monoisotopic (exact) mass is 339 g/mol. The molecule has 132 valence electrons. The van der Waals surface area contributed by atoms with Crippen molar-refractivity contribution >= 4 is 5.91 Å². The number of hydrogen-bond donors (Lipinski definition) is 0. The van der Waals surface area contributed by atoms with E-state index in [9.17, 15) is 9.59 Å². The lowest BCUT2D eigenvalue weighted by atomic mass is 9.92. The summed E-state index contributed by atoms with van der Waals surface area (Å²) in [6.45, 7) is 6.32. The predicted molar refractivity (Wildman–Crippen MR) is 98.1 cm³/mol. The number of benzene rings is 1. The zero-order chi connectivity index (χ0) is 17.8. The van der Waals surface area contributed by atoms with Crippen LogP contribution in [0.1, 0.15) is 26.7 Å². The van der Waals surface area contributed by atoms with Gasteiger partial charge in [-0.1, -0.05) is 44.2 Å². The zero-order valence-electron chi connectivity index (χ0n) is 14.9. The summed E-state index contributed by atoms with van der Waals surface area (Å²) >= 11 is 0. The molecule has 1 saturated heterocycles. The second-order valence-electron chi connectivity index (χ2n) is 7.14. The van der Waals surface area contributed by atoms with Crippen LogP contribution >= 0.6 is 0 Å². The van der Waals surface area contributed by atoms with E-state index in [1.165, 1.54) is 17.2 Å². The van der Waals surface area contributed by atoms with Crippen LogP contribution in [-0.2, 0) is 11.3 Å². The minimum Gasteiger partial charge on any atom is -0.342 e. The Bertz CT molecular complexity index is 775. The summed E-state index contributed by atoms with van der Waals surface area (Å²) in [5, 5.41) is 4.42. The lowest BCUT2D eigenvalue weighted by molar-refractivity contribution is -0.134. The highest BCUT2D eigenvalue weighted by Gasteiger charge is 2.25. The summed E-state index contributed by atoms with van der Waals surface area (Å²) in [6, 6.07) is 13.0. The first kappa shape index (κ1) is 17.4. The van der Waals surface area contributed by atoms with E-state index < -0.39 is 0 Å². The van der Waals surface area contributed by atoms with Crippen LogP contribution in [0.15, 0.2) is 47.3 Å². The van der Waals surface area contributed by atoms with E-state index in [0.29, 0.717) is 24.8 Å². The molecule has 0 N–H and O–H groups in total. The molecular weight excluding hydrogens is 314 g/mol. The van der Waals surface area contributed by atoms with Crippen LogP contribution in [0.5, 0.6) is 0 Å². The number of likely N-dealkylation sites (tertiary alicyclic amines) is 1. The van der Waals surface area contributed by atoms with Crippen LogP contribution in [0, 0.1) is 11.8 Å². The molecule has 5 nitrogen and oxygen atoms in total. The van der Waals surface area contributed by atoms with Gasteiger partial charge in [0, 0.05) is 31.1 Å². The standard InChI is InChI=1S/C20H25N3O2/c1-15-12-16(2)14-22(13-15)19(24)10-11-23-20(25)9-8-18(21-23)17-6-4-3-5-7-17/h3-9,15-16H,10-14H2,1-2H3. The van der Waals surface area contributed by atoms with Crippen molar-refractivity contribution in [1.82, 2.24) is 14.7 Å². The van der Waals surface area contributed by atoms with Crippen LogP contribution in [0.2, 0.25) is 0 Å². The van der Waals surface area contributed by atoms with Gasteiger partial charge in [0.05, 0.1) is 12.2 Å². The maximum absolute atomic E-state index is 12.5. The first-order chi connectivity index (χ1) is 12.0. The molecular formula is C20H25N3O2. The predicted octanol–water partition coefficient (Wildman–Crippen LogP) is 2.80. The van der Waals surface area contributed by atoms with Gasteiger partial charge in [0.1, 0.15) is 0 Å². The summed E-state index contributed by atoms with van der Waals surface area (Å²) in [4.78, 5) is 26.5. The topological polar surface area (TPSA) is 55.2 Å². The fraction of sp³-hybridized carbons (Fsp3) is 0.450. The van der Waals surface area contributed by atoms with E-state index in [2.05, 4.69) is 18.9 Å². The molecule has 0 aliphatic carbocycles. The molecule has 1 amide bonds. The molecule has 1 aromatic heterocycles. The number of carbonyl (C=O) groups is 1. The fourth-order valence-corrected chi connectivity index (χ4v) is 3.60. The third-order valence-corrected chi connectivity index (χ3v) is 4.70. The first-order valence-electron chi connectivity index (χ1n) is 8.94. The molecule has 25 heavy (non-hydrogen) atoms. The third kappa shape index (κ3) is 4.35. The van der Waals surface area contributed by atoms with Crippen LogP contribution in [-0.4, -0.2) is 33.7 Å². The van der Waals surface area contributed by atoms with Gasteiger partial charge in [0.2, 0.25) is 5.91 Å². The van der Waals surface area contributed by atoms with Gasteiger partial charge in [-0.3, -0.25) is 9.59 Å². The normalized spacial score (nSPS) is 20.5. The molecule has 3 rings (SSSR count). The van der Waals surface area contributed by atoms with Crippen LogP contribution in [0.4, 0.5) is 0 Å². The maximum atomic E-state index is 12.5. The zero-order valence-corrected chi connectivity index (χ0v) is 14.9. The van der Waals surface area contributed by atoms with Gasteiger partial charge in [-0.25, -0.2) is 4.68 Å². The van der Waals surface area contributed by atoms with E-state index in [-0.39, 0.29) is 11.5 Å². The molecule has 0 bridgehead atoms. The van der Waals surface area contributed by atoms with Crippen molar-refractivity contribution in [2.24, 2.45) is 11.8 Å². The molecule has 2 unspecified atom stereocenters. The second-order valence-corrected chi connectivity index (χ2v) is 7.14. The average Bonchev–Trinajstić information content (AvgIpc) is 2.60. The Balaban J connectivity index is 1.68. The van der Waals surface area contributed by atoms with Crippen molar-refractivity contribution in [2.45, 2.75) is 33.2 Å². The summed E-state index contributed by atoms with van der Waals surface area (Å²) in [5.74, 6) is 1.18. The molecule has 1 aliphatic heterocycles. The smallest absolute Gasteiger partial charge is 0.266 e. The number of amides is 1. The molecule has 0 spiro atoms. The molecule has 2 aromatic rings. The van der Waals surface area contributed by atoms with Gasteiger partial charge >= 0.3 is 0 Å². The SMILES string of the molecule is CC1CC(C)CN(C(=O)CCn2nc(-c3ccccc3)ccc2=O)C1. The molecule has 5 heteroatoms. The van der Waals surface area contributed by atoms with Gasteiger partial charge in [-0.15, -0.1) is 0 Å². The Morgan fingerprint density at radius 3 is 2.44 bits per heavy atom. The number of aromatic nitrogens is 2.